The Morgan fingerprint density at radius 3 is 2.67 bits per heavy atom. The monoisotopic (exact) mass is 387 g/mol. The van der Waals surface area contributed by atoms with E-state index in [4.69, 9.17) is 10.5 Å². The van der Waals surface area contributed by atoms with Gasteiger partial charge in [-0.1, -0.05) is 44.2 Å². The number of nitrogens with two attached hydrogens (primary N) is 1. The molecule has 146 valence electrons. The summed E-state index contributed by atoms with van der Waals surface area (Å²) in [6.07, 6.45) is 0.562. The van der Waals surface area contributed by atoms with Crippen molar-refractivity contribution >= 4 is 17.2 Å². The van der Waals surface area contributed by atoms with Crippen LogP contribution in [0.25, 0.3) is 10.6 Å². The first-order chi connectivity index (χ1) is 12.7. The fraction of sp³-hybridized carbons (Fsp3) is 0.524. The summed E-state index contributed by atoms with van der Waals surface area (Å²) in [5.74, 6) is -0.120. The van der Waals surface area contributed by atoms with E-state index in [0.717, 1.165) is 21.1 Å². The molecular weight excluding hydrogens is 358 g/mol. The summed E-state index contributed by atoms with van der Waals surface area (Å²) in [5, 5.41) is 4.08. The lowest BCUT2D eigenvalue weighted by Crippen LogP contribution is -2.75. The molecule has 0 radical (unpaired) electrons. The van der Waals surface area contributed by atoms with Crippen molar-refractivity contribution < 1.29 is 9.53 Å². The highest BCUT2D eigenvalue weighted by Gasteiger charge is 2.63. The van der Waals surface area contributed by atoms with Crippen LogP contribution in [0.5, 0.6) is 0 Å². The van der Waals surface area contributed by atoms with Gasteiger partial charge in [0.2, 0.25) is 5.91 Å². The number of aromatic nitrogens is 1. The number of carbonyl (C=O) groups is 1. The molecule has 27 heavy (non-hydrogen) atoms. The van der Waals surface area contributed by atoms with Gasteiger partial charge in [-0.25, -0.2) is 4.98 Å². The van der Waals surface area contributed by atoms with Gasteiger partial charge in [-0.05, 0) is 20.8 Å². The van der Waals surface area contributed by atoms with Crippen molar-refractivity contribution in [1.29, 1.82) is 0 Å². The van der Waals surface area contributed by atoms with Crippen molar-refractivity contribution in [2.24, 2.45) is 11.1 Å². The number of aryl methyl sites for hydroxylation is 1. The second-order valence-electron chi connectivity index (χ2n) is 7.87. The van der Waals surface area contributed by atoms with Crippen LogP contribution >= 0.6 is 11.3 Å². The van der Waals surface area contributed by atoms with Gasteiger partial charge >= 0.3 is 0 Å². The van der Waals surface area contributed by atoms with Gasteiger partial charge < -0.3 is 15.8 Å². The minimum Gasteiger partial charge on any atom is -0.378 e. The first kappa shape index (κ1) is 20.0. The molecule has 0 aliphatic heterocycles. The number of hydrogen-bond acceptors (Lipinski definition) is 5. The van der Waals surface area contributed by atoms with Crippen LogP contribution in [0.15, 0.2) is 30.3 Å². The predicted molar refractivity (Wildman–Crippen MR) is 110 cm³/mol. The average Bonchev–Trinajstić information content (AvgIpc) is 3.04. The SMILES string of the molecule is CCOC1CC(N)(C(=O)NC(C)c2sc(-c3ccccc3)nc2C)C1(C)C. The van der Waals surface area contributed by atoms with Gasteiger partial charge in [0, 0.05) is 24.0 Å². The van der Waals surface area contributed by atoms with E-state index in [2.05, 4.69) is 10.3 Å². The molecule has 1 heterocycles. The summed E-state index contributed by atoms with van der Waals surface area (Å²) < 4.78 is 5.73. The van der Waals surface area contributed by atoms with Gasteiger partial charge in [0.1, 0.15) is 10.5 Å². The number of nitrogens with one attached hydrogen (secondary N) is 1. The Morgan fingerprint density at radius 2 is 2.07 bits per heavy atom. The summed E-state index contributed by atoms with van der Waals surface area (Å²) in [4.78, 5) is 18.7. The maximum absolute atomic E-state index is 13.0. The van der Waals surface area contributed by atoms with Crippen LogP contribution < -0.4 is 11.1 Å². The minimum absolute atomic E-state index is 0.0170. The summed E-state index contributed by atoms with van der Waals surface area (Å²) >= 11 is 1.62. The second kappa shape index (κ2) is 7.34. The van der Waals surface area contributed by atoms with E-state index in [1.54, 1.807) is 11.3 Å². The van der Waals surface area contributed by atoms with Gasteiger partial charge in [-0.2, -0.15) is 0 Å². The fourth-order valence-electron chi connectivity index (χ4n) is 3.73. The lowest BCUT2D eigenvalue weighted by molar-refractivity contribution is -0.171. The lowest BCUT2D eigenvalue weighted by Gasteiger charge is -2.57. The normalized spacial score (nSPS) is 24.9. The molecule has 3 N–H and O–H groups in total. The summed E-state index contributed by atoms with van der Waals surface area (Å²) in [5.41, 5.74) is 7.22. The summed E-state index contributed by atoms with van der Waals surface area (Å²) in [6.45, 7) is 10.6. The first-order valence-corrected chi connectivity index (χ1v) is 10.3. The Kier molecular flexibility index (Phi) is 5.43. The molecule has 1 saturated carbocycles. The predicted octanol–water partition coefficient (Wildman–Crippen LogP) is 3.83. The van der Waals surface area contributed by atoms with Gasteiger partial charge in [-0.3, -0.25) is 4.79 Å². The van der Waals surface area contributed by atoms with Crippen LogP contribution in [-0.4, -0.2) is 29.1 Å². The number of carbonyl (C=O) groups excluding carboxylic acids is 1. The molecule has 1 aliphatic rings. The van der Waals surface area contributed by atoms with Crippen molar-refractivity contribution in [3.8, 4) is 10.6 Å². The van der Waals surface area contributed by atoms with Gasteiger partial charge in [0.15, 0.2) is 0 Å². The molecule has 6 heteroatoms. The third kappa shape index (κ3) is 3.42. The van der Waals surface area contributed by atoms with E-state index in [1.165, 1.54) is 0 Å². The molecular formula is C21H29N3O2S. The van der Waals surface area contributed by atoms with E-state index in [0.29, 0.717) is 13.0 Å². The highest BCUT2D eigenvalue weighted by molar-refractivity contribution is 7.15. The maximum Gasteiger partial charge on any atom is 0.241 e. The quantitative estimate of drug-likeness (QED) is 0.790. The van der Waals surface area contributed by atoms with E-state index < -0.39 is 11.0 Å². The Balaban J connectivity index is 1.74. The lowest BCUT2D eigenvalue weighted by atomic mass is 9.54. The molecule has 1 aromatic carbocycles. The zero-order valence-electron chi connectivity index (χ0n) is 16.7. The van der Waals surface area contributed by atoms with Crippen LogP contribution in [0.3, 0.4) is 0 Å². The maximum atomic E-state index is 13.0. The van der Waals surface area contributed by atoms with Crippen LogP contribution in [0.2, 0.25) is 0 Å². The molecule has 3 atom stereocenters. The highest BCUT2D eigenvalue weighted by Crippen LogP contribution is 2.50. The largest absolute Gasteiger partial charge is 0.378 e. The molecule has 3 rings (SSSR count). The number of benzene rings is 1. The summed E-state index contributed by atoms with van der Waals surface area (Å²) in [7, 11) is 0. The third-order valence-corrected chi connectivity index (χ3v) is 7.22. The van der Waals surface area contributed by atoms with E-state index in [1.807, 2.05) is 65.0 Å². The molecule has 3 unspecified atom stereocenters. The van der Waals surface area contributed by atoms with Gasteiger partial charge in [-0.15, -0.1) is 11.3 Å². The Labute approximate surface area is 165 Å². The molecule has 2 aromatic rings. The first-order valence-electron chi connectivity index (χ1n) is 9.45. The average molecular weight is 388 g/mol. The van der Waals surface area contributed by atoms with Crippen molar-refractivity contribution in [2.45, 2.75) is 58.7 Å². The Morgan fingerprint density at radius 1 is 1.41 bits per heavy atom. The zero-order valence-corrected chi connectivity index (χ0v) is 17.5. The van der Waals surface area contributed by atoms with Gasteiger partial charge in [0.25, 0.3) is 0 Å². The van der Waals surface area contributed by atoms with Crippen LogP contribution in [0.1, 0.15) is 50.7 Å². The molecule has 1 fully saturated rings. The molecule has 5 nitrogen and oxygen atoms in total. The number of thiazole rings is 1. The number of rotatable bonds is 6. The highest BCUT2D eigenvalue weighted by atomic mass is 32.1. The van der Waals surface area contributed by atoms with Crippen LogP contribution in [0, 0.1) is 12.3 Å². The minimum atomic E-state index is -0.915. The van der Waals surface area contributed by atoms with E-state index in [-0.39, 0.29) is 18.1 Å². The number of ether oxygens (including phenoxy) is 1. The molecule has 0 bridgehead atoms. The van der Waals surface area contributed by atoms with Crippen molar-refractivity contribution in [3.63, 3.8) is 0 Å². The molecule has 1 amide bonds. The Hall–Kier alpha value is -1.76. The second-order valence-corrected chi connectivity index (χ2v) is 8.90. The molecule has 1 aliphatic carbocycles. The van der Waals surface area contributed by atoms with Gasteiger partial charge in [0.05, 0.1) is 22.7 Å². The standard InChI is InChI=1S/C21H29N3O2S/c1-6-26-16-12-21(22,20(16,4)5)19(25)24-14(3)17-13(2)23-18(27-17)15-10-8-7-9-11-15/h7-11,14,16H,6,12,22H2,1-5H3,(H,24,25). The smallest absolute Gasteiger partial charge is 0.241 e. The topological polar surface area (TPSA) is 77.2 Å². The molecule has 1 aromatic heterocycles. The Bertz CT molecular complexity index is 818. The van der Waals surface area contributed by atoms with E-state index in [9.17, 15) is 4.79 Å². The summed E-state index contributed by atoms with van der Waals surface area (Å²) in [6, 6.07) is 9.94. The third-order valence-electron chi connectivity index (χ3n) is 5.83. The number of nitrogens with zero attached hydrogens (tertiary/aromatic N) is 1. The molecule has 0 spiro atoms. The van der Waals surface area contributed by atoms with Crippen LogP contribution in [0.4, 0.5) is 0 Å². The molecule has 0 saturated heterocycles. The van der Waals surface area contributed by atoms with E-state index >= 15 is 0 Å². The number of hydrogen-bond donors (Lipinski definition) is 2. The van der Waals surface area contributed by atoms with Crippen LogP contribution in [-0.2, 0) is 9.53 Å². The van der Waals surface area contributed by atoms with Crippen molar-refractivity contribution in [3.05, 3.63) is 40.9 Å². The number of amides is 1. The zero-order chi connectivity index (χ0) is 19.8. The fourth-order valence-corrected chi connectivity index (χ4v) is 4.80. The van der Waals surface area contributed by atoms with Crippen molar-refractivity contribution in [2.75, 3.05) is 6.61 Å². The van der Waals surface area contributed by atoms with Crippen molar-refractivity contribution in [1.82, 2.24) is 10.3 Å².